The molecule has 0 aliphatic heterocycles. The predicted octanol–water partition coefficient (Wildman–Crippen LogP) is 1.05. The molecule has 1 atom stereocenters. The van der Waals surface area contributed by atoms with E-state index in [0.29, 0.717) is 6.61 Å². The van der Waals surface area contributed by atoms with E-state index in [-0.39, 0.29) is 13.2 Å². The highest BCUT2D eigenvalue weighted by Crippen LogP contribution is 2.14. The third kappa shape index (κ3) is 5.17. The van der Waals surface area contributed by atoms with Crippen LogP contribution in [-0.2, 0) is 6.61 Å². The fourth-order valence-electron chi connectivity index (χ4n) is 1.44. The molecule has 4 nitrogen and oxygen atoms in total. The van der Waals surface area contributed by atoms with E-state index in [1.165, 1.54) is 0 Å². The summed E-state index contributed by atoms with van der Waals surface area (Å²) in [5, 5.41) is 17.9. The largest absolute Gasteiger partial charge is 0.494 e. The van der Waals surface area contributed by atoms with E-state index in [0.717, 1.165) is 24.2 Å². The van der Waals surface area contributed by atoms with Gasteiger partial charge in [0, 0.05) is 5.54 Å². The topological polar surface area (TPSA) is 75.7 Å². The van der Waals surface area contributed by atoms with Gasteiger partial charge in [0.15, 0.2) is 0 Å². The van der Waals surface area contributed by atoms with Crippen molar-refractivity contribution >= 4 is 0 Å². The van der Waals surface area contributed by atoms with E-state index >= 15 is 0 Å². The lowest BCUT2D eigenvalue weighted by Crippen LogP contribution is -2.40. The van der Waals surface area contributed by atoms with E-state index in [1.54, 1.807) is 0 Å². The quantitative estimate of drug-likeness (QED) is 0.622. The monoisotopic (exact) mass is 239 g/mol. The lowest BCUT2D eigenvalue weighted by molar-refractivity contribution is 0.188. The van der Waals surface area contributed by atoms with Crippen LogP contribution >= 0.6 is 0 Å². The molecule has 0 amide bonds. The molecule has 4 heteroatoms. The van der Waals surface area contributed by atoms with Gasteiger partial charge in [0.2, 0.25) is 0 Å². The molecule has 1 aromatic carbocycles. The standard InChI is InChI=1S/C13H21NO3/c1-13(14,10-16)7-2-8-17-12-5-3-11(9-15)4-6-12/h3-6,15-16H,2,7-10,14H2,1H3. The van der Waals surface area contributed by atoms with Crippen molar-refractivity contribution in [2.75, 3.05) is 13.2 Å². The Bertz CT molecular complexity index is 322. The Balaban J connectivity index is 2.26. The molecule has 0 spiro atoms. The van der Waals surface area contributed by atoms with Gasteiger partial charge in [-0.1, -0.05) is 12.1 Å². The van der Waals surface area contributed by atoms with Crippen LogP contribution in [0.1, 0.15) is 25.3 Å². The summed E-state index contributed by atoms with van der Waals surface area (Å²) < 4.78 is 5.53. The third-order valence-corrected chi connectivity index (χ3v) is 2.63. The van der Waals surface area contributed by atoms with E-state index in [2.05, 4.69) is 0 Å². The van der Waals surface area contributed by atoms with Gasteiger partial charge in [-0.05, 0) is 37.5 Å². The van der Waals surface area contributed by atoms with Crippen molar-refractivity contribution in [1.82, 2.24) is 0 Å². The minimum absolute atomic E-state index is 0.0157. The van der Waals surface area contributed by atoms with Crippen molar-refractivity contribution < 1.29 is 14.9 Å². The molecule has 0 saturated carbocycles. The van der Waals surface area contributed by atoms with Gasteiger partial charge in [0.25, 0.3) is 0 Å². The molecule has 1 aromatic rings. The first kappa shape index (κ1) is 14.0. The van der Waals surface area contributed by atoms with Crippen molar-refractivity contribution in [3.05, 3.63) is 29.8 Å². The van der Waals surface area contributed by atoms with Gasteiger partial charge in [0.1, 0.15) is 5.75 Å². The summed E-state index contributed by atoms with van der Waals surface area (Å²) in [5.74, 6) is 0.782. The molecule has 17 heavy (non-hydrogen) atoms. The van der Waals surface area contributed by atoms with Crippen LogP contribution in [0, 0.1) is 0 Å². The summed E-state index contributed by atoms with van der Waals surface area (Å²) >= 11 is 0. The molecule has 0 aromatic heterocycles. The summed E-state index contributed by atoms with van der Waals surface area (Å²) in [6, 6.07) is 7.32. The average molecular weight is 239 g/mol. The number of hydrogen-bond donors (Lipinski definition) is 3. The number of hydrogen-bond acceptors (Lipinski definition) is 4. The molecule has 0 fully saturated rings. The van der Waals surface area contributed by atoms with Gasteiger partial charge >= 0.3 is 0 Å². The highest BCUT2D eigenvalue weighted by Gasteiger charge is 2.15. The minimum atomic E-state index is -0.524. The second-order valence-electron chi connectivity index (χ2n) is 4.57. The Morgan fingerprint density at radius 3 is 2.41 bits per heavy atom. The fourth-order valence-corrected chi connectivity index (χ4v) is 1.44. The molecule has 0 bridgehead atoms. The maximum atomic E-state index is 8.98. The van der Waals surface area contributed by atoms with Crippen molar-refractivity contribution in [2.45, 2.75) is 31.9 Å². The van der Waals surface area contributed by atoms with Gasteiger partial charge in [0.05, 0.1) is 19.8 Å². The molecule has 1 unspecified atom stereocenters. The second kappa shape index (κ2) is 6.59. The summed E-state index contributed by atoms with van der Waals surface area (Å²) in [5.41, 5.74) is 6.14. The van der Waals surface area contributed by atoms with Crippen LogP contribution < -0.4 is 10.5 Å². The van der Waals surface area contributed by atoms with Gasteiger partial charge < -0.3 is 20.7 Å². The first-order valence-corrected chi connectivity index (χ1v) is 5.80. The minimum Gasteiger partial charge on any atom is -0.494 e. The molecular weight excluding hydrogens is 218 g/mol. The molecule has 0 heterocycles. The average Bonchev–Trinajstić information content (AvgIpc) is 2.35. The molecule has 1 rings (SSSR count). The Morgan fingerprint density at radius 2 is 1.88 bits per heavy atom. The summed E-state index contributed by atoms with van der Waals surface area (Å²) in [6.07, 6.45) is 1.52. The number of aliphatic hydroxyl groups is 2. The zero-order valence-electron chi connectivity index (χ0n) is 10.2. The molecule has 0 aliphatic carbocycles. The molecule has 0 saturated heterocycles. The number of ether oxygens (including phenoxy) is 1. The zero-order chi connectivity index (χ0) is 12.7. The van der Waals surface area contributed by atoms with Crippen LogP contribution in [0.4, 0.5) is 0 Å². The molecular formula is C13H21NO3. The van der Waals surface area contributed by atoms with Crippen LogP contribution in [0.5, 0.6) is 5.75 Å². The molecule has 0 radical (unpaired) electrons. The third-order valence-electron chi connectivity index (χ3n) is 2.63. The van der Waals surface area contributed by atoms with Gasteiger partial charge in [-0.3, -0.25) is 0 Å². The Labute approximate surface area is 102 Å². The van der Waals surface area contributed by atoms with Crippen molar-refractivity contribution in [2.24, 2.45) is 5.73 Å². The predicted molar refractivity (Wildman–Crippen MR) is 66.8 cm³/mol. The van der Waals surface area contributed by atoms with Crippen LogP contribution in [0.2, 0.25) is 0 Å². The molecule has 96 valence electrons. The molecule has 4 N–H and O–H groups in total. The zero-order valence-corrected chi connectivity index (χ0v) is 10.2. The first-order chi connectivity index (χ1) is 8.07. The molecule has 0 aliphatic rings. The highest BCUT2D eigenvalue weighted by atomic mass is 16.5. The summed E-state index contributed by atoms with van der Waals surface area (Å²) in [4.78, 5) is 0. The second-order valence-corrected chi connectivity index (χ2v) is 4.57. The SMILES string of the molecule is CC(N)(CO)CCCOc1ccc(CO)cc1. The lowest BCUT2D eigenvalue weighted by atomic mass is 9.99. The van der Waals surface area contributed by atoms with E-state index in [4.69, 9.17) is 20.7 Å². The Morgan fingerprint density at radius 1 is 1.24 bits per heavy atom. The Kier molecular flexibility index (Phi) is 5.41. The number of aliphatic hydroxyl groups excluding tert-OH is 2. The maximum absolute atomic E-state index is 8.98. The van der Waals surface area contributed by atoms with E-state index in [9.17, 15) is 0 Å². The van der Waals surface area contributed by atoms with Gasteiger partial charge in [-0.15, -0.1) is 0 Å². The lowest BCUT2D eigenvalue weighted by Gasteiger charge is -2.21. The first-order valence-electron chi connectivity index (χ1n) is 5.80. The maximum Gasteiger partial charge on any atom is 0.119 e. The number of nitrogens with two attached hydrogens (primary N) is 1. The number of rotatable bonds is 7. The number of benzene rings is 1. The van der Waals surface area contributed by atoms with Crippen LogP contribution in [-0.4, -0.2) is 29.0 Å². The fraction of sp³-hybridized carbons (Fsp3) is 0.538. The van der Waals surface area contributed by atoms with Crippen LogP contribution in [0.3, 0.4) is 0 Å². The van der Waals surface area contributed by atoms with Crippen molar-refractivity contribution in [3.8, 4) is 5.75 Å². The smallest absolute Gasteiger partial charge is 0.119 e. The normalized spacial score (nSPS) is 14.4. The van der Waals surface area contributed by atoms with Crippen LogP contribution in [0.15, 0.2) is 24.3 Å². The highest BCUT2D eigenvalue weighted by molar-refractivity contribution is 5.26. The summed E-state index contributed by atoms with van der Waals surface area (Å²) in [6.45, 7) is 2.43. The van der Waals surface area contributed by atoms with Crippen molar-refractivity contribution in [1.29, 1.82) is 0 Å². The van der Waals surface area contributed by atoms with Crippen molar-refractivity contribution in [3.63, 3.8) is 0 Å². The van der Waals surface area contributed by atoms with Gasteiger partial charge in [-0.2, -0.15) is 0 Å². The van der Waals surface area contributed by atoms with Gasteiger partial charge in [-0.25, -0.2) is 0 Å². The Hall–Kier alpha value is -1.10. The van der Waals surface area contributed by atoms with E-state index < -0.39 is 5.54 Å². The van der Waals surface area contributed by atoms with E-state index in [1.807, 2.05) is 31.2 Å². The van der Waals surface area contributed by atoms with Crippen LogP contribution in [0.25, 0.3) is 0 Å². The summed E-state index contributed by atoms with van der Waals surface area (Å²) in [7, 11) is 0.